The summed E-state index contributed by atoms with van der Waals surface area (Å²) >= 11 is 0. The van der Waals surface area contributed by atoms with Gasteiger partial charge in [-0.25, -0.2) is 0 Å². The van der Waals surface area contributed by atoms with E-state index in [0.29, 0.717) is 5.92 Å². The Balaban J connectivity index is 1.63. The SMILES string of the molecule is CC1=CC(C)C(N2[C]N(c3c(C)cc(C)cc3C)CC2=C2N(c3c(C)cc(C)cc3C)CCN2c2c(C)cc(C)cc2C)C(C)=C1. The van der Waals surface area contributed by atoms with Gasteiger partial charge in [0.2, 0.25) is 6.67 Å². The van der Waals surface area contributed by atoms with E-state index in [1.54, 1.807) is 0 Å². The molecule has 1 aliphatic carbocycles. The summed E-state index contributed by atoms with van der Waals surface area (Å²) in [7, 11) is 0. The molecule has 3 aromatic rings. The van der Waals surface area contributed by atoms with Crippen LogP contribution in [0.25, 0.3) is 0 Å². The van der Waals surface area contributed by atoms with E-state index >= 15 is 0 Å². The zero-order valence-corrected chi connectivity index (χ0v) is 30.2. The first-order valence-corrected chi connectivity index (χ1v) is 17.0. The lowest BCUT2D eigenvalue weighted by Gasteiger charge is -2.39. The van der Waals surface area contributed by atoms with Crippen LogP contribution in [0.5, 0.6) is 0 Å². The van der Waals surface area contributed by atoms with Crippen molar-refractivity contribution in [2.24, 2.45) is 5.92 Å². The topological polar surface area (TPSA) is 13.0 Å². The van der Waals surface area contributed by atoms with E-state index in [2.05, 4.69) is 158 Å². The summed E-state index contributed by atoms with van der Waals surface area (Å²) in [5.41, 5.74) is 19.8. The third-order valence-corrected chi connectivity index (χ3v) is 10.1. The molecule has 0 amide bonds. The fourth-order valence-corrected chi connectivity index (χ4v) is 8.94. The summed E-state index contributed by atoms with van der Waals surface area (Å²) in [5, 5.41) is 0. The highest BCUT2D eigenvalue weighted by Crippen LogP contribution is 2.45. The predicted molar refractivity (Wildman–Crippen MR) is 197 cm³/mol. The zero-order valence-electron chi connectivity index (χ0n) is 30.2. The van der Waals surface area contributed by atoms with Crippen LogP contribution >= 0.6 is 0 Å². The van der Waals surface area contributed by atoms with Gasteiger partial charge in [-0.3, -0.25) is 0 Å². The molecule has 3 aromatic carbocycles. The third kappa shape index (κ3) is 5.54. The van der Waals surface area contributed by atoms with E-state index < -0.39 is 0 Å². The average molecular weight is 613 g/mol. The highest BCUT2D eigenvalue weighted by atomic mass is 15.5. The largest absolute Gasteiger partial charge is 0.335 e. The van der Waals surface area contributed by atoms with Gasteiger partial charge >= 0.3 is 0 Å². The summed E-state index contributed by atoms with van der Waals surface area (Å²) in [4.78, 5) is 10.2. The van der Waals surface area contributed by atoms with Gasteiger partial charge in [-0.15, -0.1) is 0 Å². The van der Waals surface area contributed by atoms with Crippen molar-refractivity contribution in [2.45, 2.75) is 89.1 Å². The van der Waals surface area contributed by atoms with Crippen LogP contribution in [0.2, 0.25) is 0 Å². The highest BCUT2D eigenvalue weighted by molar-refractivity contribution is 5.75. The van der Waals surface area contributed by atoms with Gasteiger partial charge in [-0.05, 0) is 115 Å². The zero-order chi connectivity index (χ0) is 33.2. The molecule has 0 spiro atoms. The Kier molecular flexibility index (Phi) is 8.38. The quantitative estimate of drug-likeness (QED) is 0.291. The molecule has 2 saturated heterocycles. The summed E-state index contributed by atoms with van der Waals surface area (Å²) in [6.45, 7) is 33.7. The Morgan fingerprint density at radius 3 is 1.41 bits per heavy atom. The highest BCUT2D eigenvalue weighted by Gasteiger charge is 2.43. The molecule has 6 rings (SSSR count). The van der Waals surface area contributed by atoms with Gasteiger partial charge in [-0.1, -0.05) is 83.3 Å². The molecule has 2 radical (unpaired) electrons. The molecular weight excluding hydrogens is 560 g/mol. The number of nitrogens with zero attached hydrogens (tertiary/aromatic N) is 4. The van der Waals surface area contributed by atoms with Crippen LogP contribution in [0, 0.1) is 74.9 Å². The Morgan fingerprint density at radius 2 is 1.00 bits per heavy atom. The number of benzene rings is 3. The Labute approximate surface area is 278 Å². The van der Waals surface area contributed by atoms with Crippen molar-refractivity contribution in [1.29, 1.82) is 0 Å². The van der Waals surface area contributed by atoms with Crippen molar-refractivity contribution in [3.05, 3.63) is 128 Å². The second kappa shape index (κ2) is 12.0. The molecule has 2 aliphatic heterocycles. The molecule has 2 atom stereocenters. The van der Waals surface area contributed by atoms with Crippen molar-refractivity contribution in [3.63, 3.8) is 0 Å². The van der Waals surface area contributed by atoms with Crippen LogP contribution in [0.1, 0.15) is 70.8 Å². The van der Waals surface area contributed by atoms with Gasteiger partial charge < -0.3 is 19.6 Å². The molecule has 2 unspecified atom stereocenters. The molecule has 4 nitrogen and oxygen atoms in total. The number of hydrogen-bond acceptors (Lipinski definition) is 4. The predicted octanol–water partition coefficient (Wildman–Crippen LogP) is 9.69. The monoisotopic (exact) mass is 612 g/mol. The van der Waals surface area contributed by atoms with Crippen molar-refractivity contribution >= 4 is 17.1 Å². The van der Waals surface area contributed by atoms with Gasteiger partial charge in [0, 0.05) is 30.2 Å². The Hall–Kier alpha value is -3.92. The lowest BCUT2D eigenvalue weighted by Crippen LogP contribution is -2.40. The average Bonchev–Trinajstić information content (AvgIpc) is 3.51. The molecule has 0 aromatic heterocycles. The summed E-state index contributed by atoms with van der Waals surface area (Å²) in [6, 6.07) is 14.2. The van der Waals surface area contributed by atoms with Gasteiger partial charge in [-0.2, -0.15) is 0 Å². The van der Waals surface area contributed by atoms with Crippen molar-refractivity contribution in [1.82, 2.24) is 4.90 Å². The molecule has 2 heterocycles. The minimum Gasteiger partial charge on any atom is -0.335 e. The third-order valence-electron chi connectivity index (χ3n) is 10.1. The molecule has 46 heavy (non-hydrogen) atoms. The van der Waals surface area contributed by atoms with Crippen LogP contribution in [0.4, 0.5) is 17.1 Å². The first-order chi connectivity index (χ1) is 21.7. The lowest BCUT2D eigenvalue weighted by atomic mass is 9.86. The van der Waals surface area contributed by atoms with E-state index in [4.69, 9.17) is 0 Å². The number of allylic oxidation sites excluding steroid dienone is 2. The van der Waals surface area contributed by atoms with Gasteiger partial charge in [0.05, 0.1) is 18.3 Å². The van der Waals surface area contributed by atoms with E-state index in [-0.39, 0.29) is 6.04 Å². The first kappa shape index (κ1) is 32.0. The maximum Gasteiger partial charge on any atom is 0.209 e. The second-order valence-corrected chi connectivity index (χ2v) is 14.5. The maximum atomic E-state index is 3.99. The minimum absolute atomic E-state index is 0.187. The fourth-order valence-electron chi connectivity index (χ4n) is 8.94. The van der Waals surface area contributed by atoms with E-state index in [1.807, 2.05) is 0 Å². The Morgan fingerprint density at radius 1 is 0.587 bits per heavy atom. The molecule has 0 saturated carbocycles. The summed E-state index contributed by atoms with van der Waals surface area (Å²) in [6.07, 6.45) is 4.80. The number of anilines is 3. The Bertz CT molecular complexity index is 1670. The standard InChI is InChI=1S/C42H52N4/c1-25-15-29(5)38(30(6)16-25)43-23-37(46(24-43)41-35(11)21-28(4)22-36(41)12)42-44(39-31(7)17-26(2)18-32(39)8)13-14-45(42)40-33(9)19-27(3)20-34(40)10/h15-22,35,41H,13-14,23H2,1-12H3. The van der Waals surface area contributed by atoms with Gasteiger partial charge in [0.1, 0.15) is 5.82 Å². The summed E-state index contributed by atoms with van der Waals surface area (Å²) in [5.74, 6) is 1.64. The molecular formula is C42H52N4. The minimum atomic E-state index is 0.187. The molecule has 4 heteroatoms. The van der Waals surface area contributed by atoms with Crippen molar-refractivity contribution in [2.75, 3.05) is 34.3 Å². The lowest BCUT2D eigenvalue weighted by molar-refractivity contribution is 0.306. The number of hydrogen-bond donors (Lipinski definition) is 0. The van der Waals surface area contributed by atoms with Crippen molar-refractivity contribution in [3.8, 4) is 0 Å². The maximum absolute atomic E-state index is 3.99. The smallest absolute Gasteiger partial charge is 0.209 e. The fraction of sp³-hybridized carbons (Fsp3) is 0.405. The number of rotatable bonds is 4. The van der Waals surface area contributed by atoms with E-state index in [9.17, 15) is 0 Å². The van der Waals surface area contributed by atoms with Crippen LogP contribution in [-0.2, 0) is 0 Å². The van der Waals surface area contributed by atoms with E-state index in [0.717, 1.165) is 19.6 Å². The van der Waals surface area contributed by atoms with Crippen LogP contribution in [0.3, 0.4) is 0 Å². The normalized spacial score (nSPS) is 20.3. The summed E-state index contributed by atoms with van der Waals surface area (Å²) < 4.78 is 0. The molecule has 240 valence electrons. The second-order valence-electron chi connectivity index (χ2n) is 14.5. The molecule has 3 aliphatic rings. The van der Waals surface area contributed by atoms with E-state index in [1.165, 1.54) is 89.8 Å². The van der Waals surface area contributed by atoms with Gasteiger partial charge in [0.15, 0.2) is 0 Å². The molecule has 2 fully saturated rings. The van der Waals surface area contributed by atoms with Gasteiger partial charge in [0.25, 0.3) is 0 Å². The van der Waals surface area contributed by atoms with Crippen molar-refractivity contribution < 1.29 is 0 Å². The van der Waals surface area contributed by atoms with Crippen LogP contribution in [0.15, 0.2) is 71.2 Å². The van der Waals surface area contributed by atoms with Crippen LogP contribution < -0.4 is 14.7 Å². The first-order valence-electron chi connectivity index (χ1n) is 17.0. The number of aryl methyl sites for hydroxylation is 9. The molecule has 0 bridgehead atoms. The van der Waals surface area contributed by atoms with Crippen LogP contribution in [-0.4, -0.2) is 30.6 Å². The molecule has 0 N–H and O–H groups in total.